The summed E-state index contributed by atoms with van der Waals surface area (Å²) >= 11 is 0. The minimum Gasteiger partial charge on any atom is -0.394 e. The van der Waals surface area contributed by atoms with Crippen molar-refractivity contribution < 1.29 is 28.5 Å². The lowest BCUT2D eigenvalue weighted by molar-refractivity contribution is 0.151. The van der Waals surface area contributed by atoms with Crippen molar-refractivity contribution in [2.45, 2.75) is 26.7 Å². The second-order valence-corrected chi connectivity index (χ2v) is 11.0. The summed E-state index contributed by atoms with van der Waals surface area (Å²) in [6.45, 7) is 4.09. The van der Waals surface area contributed by atoms with E-state index in [4.69, 9.17) is 18.9 Å². The minimum atomic E-state index is -0.871. The first-order valence-corrected chi connectivity index (χ1v) is 15.3. The molecule has 0 aliphatic rings. The van der Waals surface area contributed by atoms with E-state index in [1.807, 2.05) is 123 Å². The van der Waals surface area contributed by atoms with Crippen LogP contribution >= 0.6 is 0 Å². The molecule has 7 rings (SSSR count). The van der Waals surface area contributed by atoms with Crippen LogP contribution in [0.1, 0.15) is 25.0 Å². The van der Waals surface area contributed by atoms with Crippen molar-refractivity contribution in [2.24, 2.45) is 0 Å². The van der Waals surface area contributed by atoms with Crippen molar-refractivity contribution >= 4 is 55.4 Å². The van der Waals surface area contributed by atoms with Crippen LogP contribution in [-0.2, 0) is 12.8 Å². The number of carbonyl (C=O) groups excluding carboxylic acids is 2. The summed E-state index contributed by atoms with van der Waals surface area (Å²) in [5.74, 6) is 1.44. The maximum absolute atomic E-state index is 13.4. The van der Waals surface area contributed by atoms with Crippen LogP contribution in [0, 0.1) is 0 Å². The third-order valence-corrected chi connectivity index (χ3v) is 8.22. The van der Waals surface area contributed by atoms with Gasteiger partial charge in [-0.05, 0) is 59.0 Å². The molecule has 226 valence electrons. The Morgan fingerprint density at radius 3 is 1.28 bits per heavy atom. The average molecular weight is 607 g/mol. The topological polar surface area (TPSA) is 71.1 Å². The minimum absolute atomic E-state index is 0.322. The summed E-state index contributed by atoms with van der Waals surface area (Å²) in [6, 6.07) is 38.0. The zero-order chi connectivity index (χ0) is 31.6. The van der Waals surface area contributed by atoms with Crippen LogP contribution < -0.4 is 18.9 Å². The fourth-order valence-corrected chi connectivity index (χ4v) is 5.86. The lowest BCUT2D eigenvalue weighted by atomic mass is 9.96. The van der Waals surface area contributed by atoms with Crippen molar-refractivity contribution in [3.63, 3.8) is 0 Å². The number of benzene rings is 7. The molecule has 7 aromatic carbocycles. The van der Waals surface area contributed by atoms with Crippen LogP contribution in [0.4, 0.5) is 9.59 Å². The van der Waals surface area contributed by atoms with Crippen LogP contribution in [0.3, 0.4) is 0 Å². The fourth-order valence-electron chi connectivity index (χ4n) is 5.86. The molecule has 0 fully saturated rings. The molecule has 0 N–H and O–H groups in total. The second-order valence-electron chi connectivity index (χ2n) is 11.0. The normalized spacial score (nSPS) is 11.2. The molecule has 0 unspecified atom stereocenters. The first kappa shape index (κ1) is 28.9. The van der Waals surface area contributed by atoms with E-state index in [9.17, 15) is 9.59 Å². The molecule has 0 saturated heterocycles. The Morgan fingerprint density at radius 2 is 0.848 bits per heavy atom. The molecular weight excluding hydrogens is 576 g/mol. The predicted molar refractivity (Wildman–Crippen MR) is 181 cm³/mol. The molecule has 0 aliphatic heterocycles. The van der Waals surface area contributed by atoms with Gasteiger partial charge >= 0.3 is 12.3 Å². The number of aryl methyl sites for hydroxylation is 2. The number of ether oxygens (including phenoxy) is 4. The van der Waals surface area contributed by atoms with E-state index in [-0.39, 0.29) is 0 Å². The highest BCUT2D eigenvalue weighted by Gasteiger charge is 2.23. The Morgan fingerprint density at radius 1 is 0.435 bits per heavy atom. The standard InChI is InChI=1S/C40H30O6/c1-3-25-19-21-31-33(23-25)37(45-39(41)43-35-17-9-13-27-11-5-7-15-29(27)35)32-22-20-26(4-2)24-34(32)38(31)46-40(42)44-36-18-10-14-28-12-6-8-16-30(28)36/h5-24H,3-4H2,1-2H3. The van der Waals surface area contributed by atoms with Crippen LogP contribution in [0.5, 0.6) is 23.0 Å². The van der Waals surface area contributed by atoms with E-state index >= 15 is 0 Å². The van der Waals surface area contributed by atoms with Crippen molar-refractivity contribution in [3.05, 3.63) is 132 Å². The van der Waals surface area contributed by atoms with Crippen molar-refractivity contribution in [1.82, 2.24) is 0 Å². The quantitative estimate of drug-likeness (QED) is 0.107. The van der Waals surface area contributed by atoms with Gasteiger partial charge in [-0.1, -0.05) is 111 Å². The smallest absolute Gasteiger partial charge is 0.394 e. The zero-order valence-electron chi connectivity index (χ0n) is 25.4. The molecule has 0 saturated carbocycles. The SMILES string of the molecule is CCc1ccc2c(OC(=O)Oc3cccc4ccccc34)c3cc(CC)ccc3c(OC(=O)Oc3cccc4ccccc34)c2c1. The van der Waals surface area contributed by atoms with Gasteiger partial charge in [-0.2, -0.15) is 0 Å². The van der Waals surface area contributed by atoms with Crippen LogP contribution in [0.15, 0.2) is 121 Å². The number of rotatable bonds is 6. The van der Waals surface area contributed by atoms with E-state index < -0.39 is 12.3 Å². The molecule has 0 atom stereocenters. The van der Waals surface area contributed by atoms with E-state index in [0.717, 1.165) is 45.5 Å². The van der Waals surface area contributed by atoms with Gasteiger partial charge in [-0.25, -0.2) is 9.59 Å². The maximum atomic E-state index is 13.4. The molecule has 0 aromatic heterocycles. The van der Waals surface area contributed by atoms with Crippen molar-refractivity contribution in [2.75, 3.05) is 0 Å². The summed E-state index contributed by atoms with van der Waals surface area (Å²) in [5.41, 5.74) is 2.04. The first-order valence-electron chi connectivity index (χ1n) is 15.3. The molecule has 0 bridgehead atoms. The highest BCUT2D eigenvalue weighted by molar-refractivity contribution is 6.13. The number of hydrogen-bond acceptors (Lipinski definition) is 6. The third-order valence-electron chi connectivity index (χ3n) is 8.22. The Balaban J connectivity index is 1.32. The number of fused-ring (bicyclic) bond motifs is 4. The van der Waals surface area contributed by atoms with E-state index in [1.54, 1.807) is 12.1 Å². The number of carbonyl (C=O) groups is 2. The summed E-state index contributed by atoms with van der Waals surface area (Å²) in [7, 11) is 0. The fraction of sp³-hybridized carbons (Fsp3) is 0.100. The largest absolute Gasteiger partial charge is 0.519 e. The van der Waals surface area contributed by atoms with Crippen molar-refractivity contribution in [3.8, 4) is 23.0 Å². The molecular formula is C40H30O6. The molecule has 7 aromatic rings. The van der Waals surface area contributed by atoms with Crippen LogP contribution in [-0.4, -0.2) is 12.3 Å². The zero-order valence-corrected chi connectivity index (χ0v) is 25.4. The van der Waals surface area contributed by atoms with Gasteiger partial charge in [0, 0.05) is 32.3 Å². The van der Waals surface area contributed by atoms with Gasteiger partial charge in [-0.3, -0.25) is 0 Å². The molecule has 0 heterocycles. The summed E-state index contributed by atoms with van der Waals surface area (Å²) in [4.78, 5) is 26.8. The molecule has 6 nitrogen and oxygen atoms in total. The lowest BCUT2D eigenvalue weighted by Crippen LogP contribution is -2.16. The van der Waals surface area contributed by atoms with Gasteiger partial charge in [0.15, 0.2) is 0 Å². The van der Waals surface area contributed by atoms with Crippen LogP contribution in [0.2, 0.25) is 0 Å². The van der Waals surface area contributed by atoms with Gasteiger partial charge in [0.2, 0.25) is 0 Å². The highest BCUT2D eigenvalue weighted by atomic mass is 16.7. The summed E-state index contributed by atoms with van der Waals surface area (Å²) < 4.78 is 23.6. The second kappa shape index (κ2) is 12.3. The molecule has 46 heavy (non-hydrogen) atoms. The Hall–Kier alpha value is -5.88. The third kappa shape index (κ3) is 5.46. The average Bonchev–Trinajstić information content (AvgIpc) is 3.09. The molecule has 0 aliphatic carbocycles. The van der Waals surface area contributed by atoms with E-state index in [2.05, 4.69) is 0 Å². The summed E-state index contributed by atoms with van der Waals surface area (Å²) in [6.07, 6.45) is -0.238. The summed E-state index contributed by atoms with van der Waals surface area (Å²) in [5, 5.41) is 5.90. The highest BCUT2D eigenvalue weighted by Crippen LogP contribution is 2.44. The maximum Gasteiger partial charge on any atom is 0.519 e. The Kier molecular flexibility index (Phi) is 7.69. The number of hydrogen-bond donors (Lipinski definition) is 0. The lowest BCUT2D eigenvalue weighted by Gasteiger charge is -2.18. The predicted octanol–water partition coefficient (Wildman–Crippen LogP) is 10.6. The van der Waals surface area contributed by atoms with Gasteiger partial charge < -0.3 is 18.9 Å². The molecule has 0 amide bonds. The van der Waals surface area contributed by atoms with Crippen molar-refractivity contribution in [1.29, 1.82) is 0 Å². The molecule has 6 heteroatoms. The van der Waals surface area contributed by atoms with Gasteiger partial charge in [-0.15, -0.1) is 0 Å². The van der Waals surface area contributed by atoms with Gasteiger partial charge in [0.25, 0.3) is 0 Å². The Bertz CT molecular complexity index is 2110. The van der Waals surface area contributed by atoms with E-state index in [0.29, 0.717) is 44.5 Å². The molecule has 0 radical (unpaired) electrons. The van der Waals surface area contributed by atoms with Gasteiger partial charge in [0.05, 0.1) is 0 Å². The van der Waals surface area contributed by atoms with E-state index in [1.165, 1.54) is 0 Å². The first-order chi connectivity index (χ1) is 22.5. The molecule has 0 spiro atoms. The van der Waals surface area contributed by atoms with Crippen LogP contribution in [0.25, 0.3) is 43.1 Å². The van der Waals surface area contributed by atoms with Gasteiger partial charge in [0.1, 0.15) is 23.0 Å². The Labute approximate surface area is 265 Å². The monoisotopic (exact) mass is 606 g/mol.